The highest BCUT2D eigenvalue weighted by Gasteiger charge is 2.09. The average Bonchev–Trinajstić information content (AvgIpc) is 2.26. The third-order valence-electron chi connectivity index (χ3n) is 2.00. The highest BCUT2D eigenvalue weighted by atomic mass is 16.6. The lowest BCUT2D eigenvalue weighted by atomic mass is 10.3. The molecular weight excluding hydrogens is 220 g/mol. The molecule has 1 atom stereocenters. The van der Waals surface area contributed by atoms with E-state index in [0.717, 1.165) is 0 Å². The zero-order valence-electron chi connectivity index (χ0n) is 10.1. The van der Waals surface area contributed by atoms with Crippen molar-refractivity contribution in [1.82, 2.24) is 0 Å². The van der Waals surface area contributed by atoms with Gasteiger partial charge in [0, 0.05) is 18.0 Å². The van der Waals surface area contributed by atoms with Crippen molar-refractivity contribution in [3.8, 4) is 0 Å². The molecular formula is C12H18N2O3. The molecule has 0 aromatic heterocycles. The first kappa shape index (κ1) is 13.3. The van der Waals surface area contributed by atoms with Crippen LogP contribution in [0, 0.1) is 0 Å². The van der Waals surface area contributed by atoms with E-state index in [1.54, 1.807) is 31.2 Å². The standard InChI is InChI=1S/C12H18N2O3/c1-3-16-8-9(2)17-12(15)14-11-6-4-5-10(13)7-11/h4-7,9H,3,8,13H2,1-2H3,(H,14,15). The molecule has 3 N–H and O–H groups in total. The van der Waals surface area contributed by atoms with Crippen molar-refractivity contribution in [2.45, 2.75) is 20.0 Å². The van der Waals surface area contributed by atoms with Crippen LogP contribution >= 0.6 is 0 Å². The van der Waals surface area contributed by atoms with E-state index in [4.69, 9.17) is 15.2 Å². The number of benzene rings is 1. The zero-order chi connectivity index (χ0) is 12.7. The van der Waals surface area contributed by atoms with Crippen LogP contribution in [-0.4, -0.2) is 25.4 Å². The second-order valence-electron chi connectivity index (χ2n) is 3.63. The van der Waals surface area contributed by atoms with Crippen LogP contribution in [0.25, 0.3) is 0 Å². The van der Waals surface area contributed by atoms with Crippen molar-refractivity contribution in [3.63, 3.8) is 0 Å². The van der Waals surface area contributed by atoms with Crippen molar-refractivity contribution in [2.75, 3.05) is 24.3 Å². The summed E-state index contributed by atoms with van der Waals surface area (Å²) in [4.78, 5) is 11.5. The third kappa shape index (κ3) is 5.21. The molecule has 17 heavy (non-hydrogen) atoms. The Morgan fingerprint density at radius 1 is 1.53 bits per heavy atom. The fraction of sp³-hybridized carbons (Fsp3) is 0.417. The molecule has 0 aliphatic heterocycles. The summed E-state index contributed by atoms with van der Waals surface area (Å²) in [5, 5.41) is 2.59. The van der Waals surface area contributed by atoms with Gasteiger partial charge in [-0.2, -0.15) is 0 Å². The fourth-order valence-corrected chi connectivity index (χ4v) is 1.26. The molecule has 0 heterocycles. The van der Waals surface area contributed by atoms with Gasteiger partial charge in [-0.3, -0.25) is 5.32 Å². The van der Waals surface area contributed by atoms with Gasteiger partial charge in [0.05, 0.1) is 6.61 Å². The molecule has 5 nitrogen and oxygen atoms in total. The van der Waals surface area contributed by atoms with Crippen molar-refractivity contribution >= 4 is 17.5 Å². The molecule has 1 aromatic rings. The van der Waals surface area contributed by atoms with Crippen molar-refractivity contribution in [1.29, 1.82) is 0 Å². The molecule has 0 saturated heterocycles. The van der Waals surface area contributed by atoms with E-state index in [0.29, 0.717) is 24.6 Å². The molecule has 0 saturated carbocycles. The summed E-state index contributed by atoms with van der Waals surface area (Å²) in [7, 11) is 0. The molecule has 1 amide bonds. The fourth-order valence-electron chi connectivity index (χ4n) is 1.26. The lowest BCUT2D eigenvalue weighted by Crippen LogP contribution is -2.24. The molecule has 1 aromatic carbocycles. The highest BCUT2D eigenvalue weighted by molar-refractivity contribution is 5.85. The first-order chi connectivity index (χ1) is 8.11. The minimum absolute atomic E-state index is 0.281. The van der Waals surface area contributed by atoms with E-state index in [9.17, 15) is 4.79 Å². The Balaban J connectivity index is 2.39. The first-order valence-electron chi connectivity index (χ1n) is 5.52. The van der Waals surface area contributed by atoms with Crippen LogP contribution < -0.4 is 11.1 Å². The normalized spacial score (nSPS) is 11.9. The minimum atomic E-state index is -0.511. The van der Waals surface area contributed by atoms with E-state index >= 15 is 0 Å². The topological polar surface area (TPSA) is 73.6 Å². The summed E-state index contributed by atoms with van der Waals surface area (Å²) in [6.45, 7) is 4.65. The summed E-state index contributed by atoms with van der Waals surface area (Å²) in [5.74, 6) is 0. The molecule has 0 fully saturated rings. The lowest BCUT2D eigenvalue weighted by Gasteiger charge is -2.13. The van der Waals surface area contributed by atoms with Gasteiger partial charge >= 0.3 is 6.09 Å². The van der Waals surface area contributed by atoms with Crippen LogP contribution in [0.15, 0.2) is 24.3 Å². The molecule has 0 bridgehead atoms. The Morgan fingerprint density at radius 2 is 2.29 bits per heavy atom. The number of nitrogen functional groups attached to an aromatic ring is 1. The molecule has 94 valence electrons. The summed E-state index contributed by atoms with van der Waals surface area (Å²) in [5.41, 5.74) is 6.79. The second kappa shape index (κ2) is 6.75. The van der Waals surface area contributed by atoms with E-state index in [-0.39, 0.29) is 6.10 Å². The number of amides is 1. The molecule has 1 unspecified atom stereocenters. The molecule has 5 heteroatoms. The number of hydrogen-bond acceptors (Lipinski definition) is 4. The Labute approximate surface area is 101 Å². The van der Waals surface area contributed by atoms with Gasteiger partial charge in [0.2, 0.25) is 0 Å². The summed E-state index contributed by atoms with van der Waals surface area (Å²) in [6.07, 6.45) is -0.793. The predicted octanol–water partition coefficient (Wildman–Crippen LogP) is 2.24. The quantitative estimate of drug-likeness (QED) is 0.771. The SMILES string of the molecule is CCOCC(C)OC(=O)Nc1cccc(N)c1. The van der Waals surface area contributed by atoms with Gasteiger partial charge in [0.15, 0.2) is 0 Å². The maximum absolute atomic E-state index is 11.5. The number of carbonyl (C=O) groups excluding carboxylic acids is 1. The maximum Gasteiger partial charge on any atom is 0.411 e. The van der Waals surface area contributed by atoms with Crippen LogP contribution in [0.1, 0.15) is 13.8 Å². The van der Waals surface area contributed by atoms with Gasteiger partial charge in [-0.05, 0) is 32.0 Å². The van der Waals surface area contributed by atoms with Crippen molar-refractivity contribution in [3.05, 3.63) is 24.3 Å². The minimum Gasteiger partial charge on any atom is -0.444 e. The number of ether oxygens (including phenoxy) is 2. The average molecular weight is 238 g/mol. The van der Waals surface area contributed by atoms with Crippen LogP contribution in [0.3, 0.4) is 0 Å². The number of carbonyl (C=O) groups is 1. The van der Waals surface area contributed by atoms with Crippen molar-refractivity contribution in [2.24, 2.45) is 0 Å². The Bertz CT molecular complexity index is 369. The van der Waals surface area contributed by atoms with Gasteiger partial charge in [0.25, 0.3) is 0 Å². The lowest BCUT2D eigenvalue weighted by molar-refractivity contribution is 0.0388. The van der Waals surface area contributed by atoms with Crippen LogP contribution in [0.2, 0.25) is 0 Å². The van der Waals surface area contributed by atoms with Crippen molar-refractivity contribution < 1.29 is 14.3 Å². The number of nitrogens with two attached hydrogens (primary N) is 1. The Morgan fingerprint density at radius 3 is 2.94 bits per heavy atom. The summed E-state index contributed by atoms with van der Waals surface area (Å²) < 4.78 is 10.2. The van der Waals surface area contributed by atoms with E-state index in [1.165, 1.54) is 0 Å². The molecule has 0 aliphatic rings. The molecule has 0 aliphatic carbocycles. The zero-order valence-corrected chi connectivity index (χ0v) is 10.1. The van der Waals surface area contributed by atoms with E-state index in [1.807, 2.05) is 6.92 Å². The number of nitrogens with one attached hydrogen (secondary N) is 1. The molecule has 0 spiro atoms. The van der Waals surface area contributed by atoms with Gasteiger partial charge in [-0.1, -0.05) is 6.07 Å². The van der Waals surface area contributed by atoms with E-state index in [2.05, 4.69) is 5.32 Å². The maximum atomic E-state index is 11.5. The molecule has 0 radical (unpaired) electrons. The Kier molecular flexibility index (Phi) is 5.29. The number of rotatable bonds is 5. The van der Waals surface area contributed by atoms with Gasteiger partial charge < -0.3 is 15.2 Å². The number of anilines is 2. The highest BCUT2D eigenvalue weighted by Crippen LogP contribution is 2.12. The molecule has 1 rings (SSSR count). The smallest absolute Gasteiger partial charge is 0.411 e. The third-order valence-corrected chi connectivity index (χ3v) is 2.00. The second-order valence-corrected chi connectivity index (χ2v) is 3.63. The van der Waals surface area contributed by atoms with E-state index < -0.39 is 6.09 Å². The van der Waals surface area contributed by atoms with Gasteiger partial charge in [-0.15, -0.1) is 0 Å². The van der Waals surface area contributed by atoms with Crippen LogP contribution in [0.4, 0.5) is 16.2 Å². The first-order valence-corrected chi connectivity index (χ1v) is 5.52. The van der Waals surface area contributed by atoms with Crippen LogP contribution in [0.5, 0.6) is 0 Å². The largest absolute Gasteiger partial charge is 0.444 e. The Hall–Kier alpha value is -1.75. The monoisotopic (exact) mass is 238 g/mol. The summed E-state index contributed by atoms with van der Waals surface area (Å²) >= 11 is 0. The van der Waals surface area contributed by atoms with Crippen LogP contribution in [-0.2, 0) is 9.47 Å². The summed E-state index contributed by atoms with van der Waals surface area (Å²) in [6, 6.07) is 6.90. The van der Waals surface area contributed by atoms with Gasteiger partial charge in [0.1, 0.15) is 6.10 Å². The van der Waals surface area contributed by atoms with Gasteiger partial charge in [-0.25, -0.2) is 4.79 Å². The number of hydrogen-bond donors (Lipinski definition) is 2. The predicted molar refractivity (Wildman–Crippen MR) is 66.9 cm³/mol.